The van der Waals surface area contributed by atoms with Crippen molar-refractivity contribution in [3.63, 3.8) is 0 Å². The average molecular weight is 367 g/mol. The van der Waals surface area contributed by atoms with Gasteiger partial charge in [-0.2, -0.15) is 5.10 Å². The van der Waals surface area contributed by atoms with E-state index < -0.39 is 33.0 Å². The van der Waals surface area contributed by atoms with Crippen LogP contribution in [0, 0.1) is 25.6 Å². The van der Waals surface area contributed by atoms with Gasteiger partial charge in [-0.15, -0.1) is 0 Å². The fraction of sp³-hybridized carbons (Fsp3) is 0.333. The Balaban J connectivity index is 1.83. The maximum absolute atomic E-state index is 13.0. The van der Waals surface area contributed by atoms with Crippen molar-refractivity contribution in [2.75, 3.05) is 11.3 Å². The zero-order chi connectivity index (χ0) is 18.2. The summed E-state index contributed by atoms with van der Waals surface area (Å²) in [6.45, 7) is 3.63. The Bertz CT molecular complexity index is 894. The summed E-state index contributed by atoms with van der Waals surface area (Å²) in [5, 5.41) is 2.93. The fourth-order valence-electron chi connectivity index (χ4n) is 2.74. The number of sulfonamides is 1. The highest BCUT2D eigenvalue weighted by atomic mass is 32.2. The van der Waals surface area contributed by atoms with E-state index in [9.17, 15) is 17.6 Å². The van der Waals surface area contributed by atoms with E-state index in [0.717, 1.165) is 12.1 Å². The van der Waals surface area contributed by atoms with Crippen LogP contribution in [0.25, 0.3) is 0 Å². The Morgan fingerprint density at radius 3 is 2.60 bits per heavy atom. The van der Waals surface area contributed by atoms with Crippen molar-refractivity contribution in [3.8, 4) is 0 Å². The first kappa shape index (κ1) is 17.5. The molecule has 2 heterocycles. The van der Waals surface area contributed by atoms with Crippen LogP contribution in [0.3, 0.4) is 0 Å². The van der Waals surface area contributed by atoms with E-state index in [-0.39, 0.29) is 12.2 Å². The van der Waals surface area contributed by atoms with Crippen LogP contribution < -0.4 is 15.6 Å². The third-order valence-corrected chi connectivity index (χ3v) is 5.54. The number of anilines is 1. The smallest absolute Gasteiger partial charge is 0.254 e. The lowest BCUT2D eigenvalue weighted by Crippen LogP contribution is -2.45. The molecule has 0 radical (unpaired) electrons. The number of carbonyl (C=O) groups excluding carboxylic acids is 1. The van der Waals surface area contributed by atoms with Crippen molar-refractivity contribution in [2.24, 2.45) is 5.92 Å². The molecule has 10 heteroatoms. The van der Waals surface area contributed by atoms with Crippen LogP contribution in [0.5, 0.6) is 0 Å². The van der Waals surface area contributed by atoms with E-state index in [1.165, 1.54) is 16.8 Å². The van der Waals surface area contributed by atoms with Crippen LogP contribution in [0.15, 0.2) is 30.3 Å². The first-order valence-corrected chi connectivity index (χ1v) is 9.15. The molecule has 1 saturated heterocycles. The SMILES string of the molecule is Cc1cc(C)n(C(=O)C2CNNC2S(=O)(=O)Nc2ccc(F)cc2)n1. The minimum Gasteiger partial charge on any atom is -0.282 e. The summed E-state index contributed by atoms with van der Waals surface area (Å²) in [4.78, 5) is 12.7. The summed E-state index contributed by atoms with van der Waals surface area (Å²) >= 11 is 0. The normalized spacial score (nSPS) is 20.6. The number of aryl methyl sites for hydroxylation is 2. The average Bonchev–Trinajstić information content (AvgIpc) is 3.16. The number of rotatable bonds is 4. The van der Waals surface area contributed by atoms with Crippen molar-refractivity contribution in [3.05, 3.63) is 47.5 Å². The number of benzene rings is 1. The molecule has 1 fully saturated rings. The highest BCUT2D eigenvalue weighted by molar-refractivity contribution is 7.93. The number of aromatic nitrogens is 2. The lowest BCUT2D eigenvalue weighted by molar-refractivity contribution is 0.0825. The Kier molecular flexibility index (Phi) is 4.58. The highest BCUT2D eigenvalue weighted by Crippen LogP contribution is 2.20. The number of nitrogens with one attached hydrogen (secondary N) is 3. The molecule has 0 saturated carbocycles. The molecule has 0 aliphatic carbocycles. The number of carbonyl (C=O) groups is 1. The molecular weight excluding hydrogens is 349 g/mol. The lowest BCUT2D eigenvalue weighted by atomic mass is 10.1. The predicted molar refractivity (Wildman–Crippen MR) is 89.7 cm³/mol. The third-order valence-electron chi connectivity index (χ3n) is 3.91. The molecule has 0 bridgehead atoms. The summed E-state index contributed by atoms with van der Waals surface area (Å²) in [6, 6.07) is 6.67. The van der Waals surface area contributed by atoms with Gasteiger partial charge in [-0.25, -0.2) is 22.9 Å². The third kappa shape index (κ3) is 3.55. The van der Waals surface area contributed by atoms with Gasteiger partial charge in [-0.05, 0) is 44.2 Å². The number of hydrogen-bond donors (Lipinski definition) is 3. The van der Waals surface area contributed by atoms with Crippen LogP contribution in [0.1, 0.15) is 16.2 Å². The van der Waals surface area contributed by atoms with E-state index in [2.05, 4.69) is 20.7 Å². The van der Waals surface area contributed by atoms with Crippen LogP contribution in [-0.2, 0) is 10.0 Å². The van der Waals surface area contributed by atoms with Gasteiger partial charge in [0.25, 0.3) is 15.9 Å². The van der Waals surface area contributed by atoms with Crippen LogP contribution >= 0.6 is 0 Å². The van der Waals surface area contributed by atoms with Crippen LogP contribution in [0.2, 0.25) is 0 Å². The summed E-state index contributed by atoms with van der Waals surface area (Å²) in [5.41, 5.74) is 6.85. The standard InChI is InChI=1S/C15H18FN5O3S/c1-9-7-10(2)21(19-9)15(22)13-8-17-18-14(13)25(23,24)20-12-5-3-11(16)4-6-12/h3-7,13-14,17-18,20H,8H2,1-2H3. The first-order chi connectivity index (χ1) is 11.8. The molecule has 1 aliphatic rings. The molecule has 0 amide bonds. The lowest BCUT2D eigenvalue weighted by Gasteiger charge is -2.19. The number of nitrogens with zero attached hydrogens (tertiary/aromatic N) is 2. The number of hydrazine groups is 1. The second-order valence-electron chi connectivity index (χ2n) is 5.88. The van der Waals surface area contributed by atoms with Crippen LogP contribution in [-0.4, -0.2) is 36.0 Å². The van der Waals surface area contributed by atoms with Crippen LogP contribution in [0.4, 0.5) is 10.1 Å². The number of hydrogen-bond acceptors (Lipinski definition) is 6. The summed E-state index contributed by atoms with van der Waals surface area (Å²) < 4.78 is 41.8. The molecule has 0 spiro atoms. The van der Waals surface area contributed by atoms with Gasteiger partial charge in [0, 0.05) is 17.9 Å². The zero-order valence-electron chi connectivity index (χ0n) is 13.7. The van der Waals surface area contributed by atoms with Gasteiger partial charge in [-0.3, -0.25) is 14.9 Å². The summed E-state index contributed by atoms with van der Waals surface area (Å²) in [6.07, 6.45) is 0. The Morgan fingerprint density at radius 1 is 1.32 bits per heavy atom. The zero-order valence-corrected chi connectivity index (χ0v) is 14.5. The molecule has 8 nitrogen and oxygen atoms in total. The van der Waals surface area contributed by atoms with Gasteiger partial charge in [-0.1, -0.05) is 0 Å². The van der Waals surface area contributed by atoms with Crippen molar-refractivity contribution >= 4 is 21.6 Å². The number of halogens is 1. The molecule has 1 aliphatic heterocycles. The monoisotopic (exact) mass is 367 g/mol. The van der Waals surface area contributed by atoms with E-state index >= 15 is 0 Å². The second kappa shape index (κ2) is 6.54. The quantitative estimate of drug-likeness (QED) is 0.737. The van der Waals surface area contributed by atoms with E-state index in [1.54, 1.807) is 19.9 Å². The topological polar surface area (TPSA) is 105 Å². The van der Waals surface area contributed by atoms with E-state index in [1.807, 2.05) is 0 Å². The molecule has 25 heavy (non-hydrogen) atoms. The van der Waals surface area contributed by atoms with Gasteiger partial charge in [0.15, 0.2) is 5.37 Å². The Morgan fingerprint density at radius 2 is 2.00 bits per heavy atom. The first-order valence-electron chi connectivity index (χ1n) is 7.61. The van der Waals surface area contributed by atoms with Crippen molar-refractivity contribution in [1.29, 1.82) is 0 Å². The Hall–Kier alpha value is -2.30. The highest BCUT2D eigenvalue weighted by Gasteiger charge is 2.43. The minimum absolute atomic E-state index is 0.145. The molecule has 3 rings (SSSR count). The van der Waals surface area contributed by atoms with E-state index in [0.29, 0.717) is 11.4 Å². The van der Waals surface area contributed by atoms with Crippen molar-refractivity contribution in [1.82, 2.24) is 20.6 Å². The maximum atomic E-state index is 13.0. The van der Waals surface area contributed by atoms with Gasteiger partial charge < -0.3 is 0 Å². The molecule has 2 atom stereocenters. The summed E-state index contributed by atoms with van der Waals surface area (Å²) in [7, 11) is -3.94. The molecule has 134 valence electrons. The minimum atomic E-state index is -3.94. The molecule has 2 aromatic rings. The largest absolute Gasteiger partial charge is 0.282 e. The summed E-state index contributed by atoms with van der Waals surface area (Å²) in [5.74, 6) is -1.75. The van der Waals surface area contributed by atoms with Gasteiger partial charge in [0.2, 0.25) is 0 Å². The van der Waals surface area contributed by atoms with Crippen molar-refractivity contribution < 1.29 is 17.6 Å². The van der Waals surface area contributed by atoms with E-state index in [4.69, 9.17) is 0 Å². The molecule has 1 aromatic carbocycles. The molecular formula is C15H18FN5O3S. The van der Waals surface area contributed by atoms with Crippen molar-refractivity contribution in [2.45, 2.75) is 19.2 Å². The molecule has 1 aromatic heterocycles. The van der Waals surface area contributed by atoms with Gasteiger partial charge >= 0.3 is 0 Å². The second-order valence-corrected chi connectivity index (χ2v) is 7.69. The predicted octanol–water partition coefficient (Wildman–Crippen LogP) is 0.771. The van der Waals surface area contributed by atoms with Gasteiger partial charge in [0.1, 0.15) is 5.82 Å². The Labute approximate surface area is 144 Å². The van der Waals surface area contributed by atoms with Gasteiger partial charge in [0.05, 0.1) is 11.6 Å². The molecule has 2 unspecified atom stereocenters. The maximum Gasteiger partial charge on any atom is 0.254 e. The fourth-order valence-corrected chi connectivity index (χ4v) is 4.22. The molecule has 3 N–H and O–H groups in total.